The minimum absolute atomic E-state index is 0.196. The molecule has 0 saturated heterocycles. The summed E-state index contributed by atoms with van der Waals surface area (Å²) in [4.78, 5) is 16.8. The van der Waals surface area contributed by atoms with Crippen molar-refractivity contribution in [3.8, 4) is 17.0 Å². The molecular formula is C21H13F3N2O2S. The van der Waals surface area contributed by atoms with Crippen molar-refractivity contribution >= 4 is 33.1 Å². The normalized spacial score (nSPS) is 11.4. The Morgan fingerprint density at radius 3 is 2.45 bits per heavy atom. The van der Waals surface area contributed by atoms with Crippen molar-refractivity contribution in [2.45, 2.75) is 6.36 Å². The van der Waals surface area contributed by atoms with E-state index in [1.54, 1.807) is 0 Å². The number of hydrogen-bond acceptors (Lipinski definition) is 4. The first-order chi connectivity index (χ1) is 13.9. The van der Waals surface area contributed by atoms with Gasteiger partial charge in [-0.05, 0) is 35.0 Å². The van der Waals surface area contributed by atoms with Crippen LogP contribution in [0.3, 0.4) is 0 Å². The predicted octanol–water partition coefficient (Wildman–Crippen LogP) is 6.11. The number of nitrogens with zero attached hydrogens (tertiary/aromatic N) is 1. The van der Waals surface area contributed by atoms with E-state index in [9.17, 15) is 18.0 Å². The lowest BCUT2D eigenvalue weighted by atomic mass is 10.0. The highest BCUT2D eigenvalue weighted by atomic mass is 32.1. The maximum absolute atomic E-state index is 12.4. The minimum Gasteiger partial charge on any atom is -0.406 e. The van der Waals surface area contributed by atoms with Crippen LogP contribution in [0.4, 0.5) is 18.3 Å². The lowest BCUT2D eigenvalue weighted by Gasteiger charge is -2.09. The number of alkyl halides is 3. The molecule has 146 valence electrons. The van der Waals surface area contributed by atoms with Gasteiger partial charge < -0.3 is 4.74 Å². The van der Waals surface area contributed by atoms with Crippen molar-refractivity contribution in [3.63, 3.8) is 0 Å². The summed E-state index contributed by atoms with van der Waals surface area (Å²) < 4.78 is 40.5. The van der Waals surface area contributed by atoms with Gasteiger partial charge in [-0.2, -0.15) is 0 Å². The van der Waals surface area contributed by atoms with Gasteiger partial charge in [-0.3, -0.25) is 10.1 Å². The number of amides is 1. The summed E-state index contributed by atoms with van der Waals surface area (Å²) >= 11 is 1.27. The number of carbonyl (C=O) groups is 1. The molecule has 0 aliphatic heterocycles. The van der Waals surface area contributed by atoms with E-state index in [1.165, 1.54) is 23.5 Å². The standard InChI is InChI=1S/C21H13F3N2O2S/c22-21(23,24)28-15-10-8-14(9-11-15)19(27)26-20-25-18(12-29-20)17-7-3-5-13-4-1-2-6-16(13)17/h1-12H,(H,25,26,27). The molecule has 1 N–H and O–H groups in total. The third-order valence-electron chi connectivity index (χ3n) is 4.14. The minimum atomic E-state index is -4.78. The number of ether oxygens (including phenoxy) is 1. The molecule has 1 heterocycles. The van der Waals surface area contributed by atoms with E-state index in [0.29, 0.717) is 5.13 Å². The van der Waals surface area contributed by atoms with Gasteiger partial charge in [0.1, 0.15) is 5.75 Å². The number of nitrogens with one attached hydrogen (secondary N) is 1. The fourth-order valence-corrected chi connectivity index (χ4v) is 3.59. The lowest BCUT2D eigenvalue weighted by molar-refractivity contribution is -0.274. The number of fused-ring (bicyclic) bond motifs is 1. The SMILES string of the molecule is O=C(Nc1nc(-c2cccc3ccccc23)cs1)c1ccc(OC(F)(F)F)cc1. The number of thiazole rings is 1. The Bertz CT molecular complexity index is 1170. The first-order valence-electron chi connectivity index (χ1n) is 8.50. The van der Waals surface area contributed by atoms with E-state index < -0.39 is 12.3 Å². The van der Waals surface area contributed by atoms with Crippen molar-refractivity contribution in [1.82, 2.24) is 4.98 Å². The molecule has 0 aliphatic rings. The van der Waals surface area contributed by atoms with Crippen molar-refractivity contribution in [2.24, 2.45) is 0 Å². The van der Waals surface area contributed by atoms with E-state index >= 15 is 0 Å². The van der Waals surface area contributed by atoms with Gasteiger partial charge in [0, 0.05) is 16.5 Å². The topological polar surface area (TPSA) is 51.2 Å². The number of aromatic nitrogens is 1. The summed E-state index contributed by atoms with van der Waals surface area (Å²) in [6.07, 6.45) is -4.78. The number of carbonyl (C=O) groups excluding carboxylic acids is 1. The molecule has 29 heavy (non-hydrogen) atoms. The van der Waals surface area contributed by atoms with Gasteiger partial charge in [0.05, 0.1) is 5.69 Å². The summed E-state index contributed by atoms with van der Waals surface area (Å²) in [6.45, 7) is 0. The van der Waals surface area contributed by atoms with Crippen LogP contribution in [-0.4, -0.2) is 17.3 Å². The van der Waals surface area contributed by atoms with Crippen LogP contribution >= 0.6 is 11.3 Å². The largest absolute Gasteiger partial charge is 0.573 e. The molecule has 0 aliphatic carbocycles. The van der Waals surface area contributed by atoms with Gasteiger partial charge in [-0.15, -0.1) is 24.5 Å². The van der Waals surface area contributed by atoms with Crippen LogP contribution in [0, 0.1) is 0 Å². The van der Waals surface area contributed by atoms with Gasteiger partial charge in [0.25, 0.3) is 5.91 Å². The van der Waals surface area contributed by atoms with Gasteiger partial charge in [0.2, 0.25) is 0 Å². The maximum atomic E-state index is 12.4. The quantitative estimate of drug-likeness (QED) is 0.438. The molecule has 4 rings (SSSR count). The number of rotatable bonds is 4. The van der Waals surface area contributed by atoms with Crippen LogP contribution in [0.25, 0.3) is 22.0 Å². The molecule has 4 aromatic rings. The summed E-state index contributed by atoms with van der Waals surface area (Å²) in [5.41, 5.74) is 1.88. The zero-order valence-corrected chi connectivity index (χ0v) is 15.6. The highest BCUT2D eigenvalue weighted by Crippen LogP contribution is 2.31. The van der Waals surface area contributed by atoms with Crippen LogP contribution < -0.4 is 10.1 Å². The highest BCUT2D eigenvalue weighted by Gasteiger charge is 2.31. The van der Waals surface area contributed by atoms with E-state index in [0.717, 1.165) is 34.2 Å². The Kier molecular flexibility index (Phi) is 4.94. The van der Waals surface area contributed by atoms with Gasteiger partial charge in [-0.1, -0.05) is 42.5 Å². The smallest absolute Gasteiger partial charge is 0.406 e. The molecule has 0 fully saturated rings. The van der Waals surface area contributed by atoms with Gasteiger partial charge in [-0.25, -0.2) is 4.98 Å². The number of halogens is 3. The number of hydrogen-bond donors (Lipinski definition) is 1. The molecule has 0 spiro atoms. The summed E-state index contributed by atoms with van der Waals surface area (Å²) in [7, 11) is 0. The molecule has 1 aromatic heterocycles. The van der Waals surface area contributed by atoms with Crippen LogP contribution in [0.15, 0.2) is 72.1 Å². The van der Waals surface area contributed by atoms with E-state index in [1.807, 2.05) is 47.8 Å². The first kappa shape index (κ1) is 18.9. The molecule has 0 atom stereocenters. The Balaban J connectivity index is 1.51. The number of anilines is 1. The lowest BCUT2D eigenvalue weighted by Crippen LogP contribution is -2.17. The molecule has 0 radical (unpaired) electrons. The van der Waals surface area contributed by atoms with Gasteiger partial charge in [0.15, 0.2) is 5.13 Å². The zero-order chi connectivity index (χ0) is 20.4. The molecule has 4 nitrogen and oxygen atoms in total. The Morgan fingerprint density at radius 1 is 0.966 bits per heavy atom. The Hall–Kier alpha value is -3.39. The fraction of sp³-hybridized carbons (Fsp3) is 0.0476. The average molecular weight is 414 g/mol. The van der Waals surface area contributed by atoms with Crippen molar-refractivity contribution in [3.05, 3.63) is 77.7 Å². The second-order valence-corrected chi connectivity index (χ2v) is 6.95. The van der Waals surface area contributed by atoms with Crippen LogP contribution in [0.5, 0.6) is 5.75 Å². The van der Waals surface area contributed by atoms with Crippen molar-refractivity contribution in [2.75, 3.05) is 5.32 Å². The number of benzene rings is 3. The summed E-state index contributed by atoms with van der Waals surface area (Å²) in [5.74, 6) is -0.857. The fourth-order valence-electron chi connectivity index (χ4n) is 2.88. The van der Waals surface area contributed by atoms with Gasteiger partial charge >= 0.3 is 6.36 Å². The molecule has 0 saturated carbocycles. The Morgan fingerprint density at radius 2 is 1.69 bits per heavy atom. The molecular weight excluding hydrogens is 401 g/mol. The molecule has 0 unspecified atom stereocenters. The second-order valence-electron chi connectivity index (χ2n) is 6.09. The van der Waals surface area contributed by atoms with Crippen LogP contribution in [-0.2, 0) is 0 Å². The second kappa shape index (κ2) is 7.56. The van der Waals surface area contributed by atoms with Crippen molar-refractivity contribution < 1.29 is 22.7 Å². The predicted molar refractivity (Wildman–Crippen MR) is 106 cm³/mol. The molecule has 3 aromatic carbocycles. The maximum Gasteiger partial charge on any atom is 0.573 e. The van der Waals surface area contributed by atoms with Crippen LogP contribution in [0.2, 0.25) is 0 Å². The zero-order valence-electron chi connectivity index (χ0n) is 14.7. The van der Waals surface area contributed by atoms with Crippen molar-refractivity contribution in [1.29, 1.82) is 0 Å². The first-order valence-corrected chi connectivity index (χ1v) is 9.38. The highest BCUT2D eigenvalue weighted by molar-refractivity contribution is 7.14. The molecule has 0 bridgehead atoms. The van der Waals surface area contributed by atoms with E-state index in [2.05, 4.69) is 15.0 Å². The van der Waals surface area contributed by atoms with E-state index in [-0.39, 0.29) is 11.3 Å². The molecule has 8 heteroatoms. The Labute approximate surface area is 167 Å². The summed E-state index contributed by atoms with van der Waals surface area (Å²) in [6, 6.07) is 18.6. The summed E-state index contributed by atoms with van der Waals surface area (Å²) in [5, 5.41) is 7.05. The third kappa shape index (κ3) is 4.38. The molecule has 1 amide bonds. The average Bonchev–Trinajstić information content (AvgIpc) is 3.15. The van der Waals surface area contributed by atoms with E-state index in [4.69, 9.17) is 0 Å². The third-order valence-corrected chi connectivity index (χ3v) is 4.90. The monoisotopic (exact) mass is 414 g/mol. The van der Waals surface area contributed by atoms with Crippen LogP contribution in [0.1, 0.15) is 10.4 Å².